The van der Waals surface area contributed by atoms with E-state index >= 15 is 0 Å². The van der Waals surface area contributed by atoms with Crippen molar-refractivity contribution >= 4 is 9.84 Å². The SMILES string of the molecule is CC1(NCCS(=O)(=O)c2cccc(C#N)c2)CCOCC1. The van der Waals surface area contributed by atoms with Gasteiger partial charge in [-0.15, -0.1) is 0 Å². The molecule has 0 radical (unpaired) electrons. The zero-order valence-corrected chi connectivity index (χ0v) is 12.9. The third-order valence-corrected chi connectivity index (χ3v) is 5.55. The topological polar surface area (TPSA) is 79.2 Å². The fourth-order valence-electron chi connectivity index (χ4n) is 2.36. The first-order chi connectivity index (χ1) is 9.95. The Morgan fingerprint density at radius 2 is 2.10 bits per heavy atom. The van der Waals surface area contributed by atoms with E-state index in [0.717, 1.165) is 12.8 Å². The predicted molar refractivity (Wildman–Crippen MR) is 79.7 cm³/mol. The van der Waals surface area contributed by atoms with Gasteiger partial charge in [-0.3, -0.25) is 0 Å². The molecule has 0 aromatic heterocycles. The molecule has 5 nitrogen and oxygen atoms in total. The Balaban J connectivity index is 1.96. The van der Waals surface area contributed by atoms with Crippen LogP contribution in [0.25, 0.3) is 0 Å². The van der Waals surface area contributed by atoms with Crippen LogP contribution in [-0.4, -0.2) is 39.5 Å². The second-order valence-corrected chi connectivity index (χ2v) is 7.67. The van der Waals surface area contributed by atoms with Crippen LogP contribution in [0.3, 0.4) is 0 Å². The summed E-state index contributed by atoms with van der Waals surface area (Å²) < 4.78 is 29.9. The molecule has 0 spiro atoms. The smallest absolute Gasteiger partial charge is 0.179 e. The van der Waals surface area contributed by atoms with Crippen LogP contribution in [0.4, 0.5) is 0 Å². The highest BCUT2D eigenvalue weighted by Gasteiger charge is 2.27. The molecule has 1 fully saturated rings. The molecule has 0 saturated carbocycles. The minimum Gasteiger partial charge on any atom is -0.381 e. The summed E-state index contributed by atoms with van der Waals surface area (Å²) in [4.78, 5) is 0.209. The fourth-order valence-corrected chi connectivity index (χ4v) is 3.56. The molecule has 0 bridgehead atoms. The Kier molecular flexibility index (Phi) is 4.99. The van der Waals surface area contributed by atoms with E-state index < -0.39 is 9.84 Å². The molecule has 1 aliphatic heterocycles. The summed E-state index contributed by atoms with van der Waals surface area (Å²) in [6.45, 7) is 3.91. The van der Waals surface area contributed by atoms with Crippen LogP contribution in [-0.2, 0) is 14.6 Å². The third kappa shape index (κ3) is 4.27. The number of benzene rings is 1. The second-order valence-electron chi connectivity index (χ2n) is 5.56. The minimum atomic E-state index is -3.37. The van der Waals surface area contributed by atoms with Crippen molar-refractivity contribution in [2.45, 2.75) is 30.2 Å². The van der Waals surface area contributed by atoms with Crippen molar-refractivity contribution in [2.75, 3.05) is 25.5 Å². The quantitative estimate of drug-likeness (QED) is 0.891. The minimum absolute atomic E-state index is 0.0261. The molecule has 0 amide bonds. The van der Waals surface area contributed by atoms with Crippen molar-refractivity contribution in [3.8, 4) is 6.07 Å². The van der Waals surface area contributed by atoms with Crippen LogP contribution >= 0.6 is 0 Å². The lowest BCUT2D eigenvalue weighted by Gasteiger charge is -2.34. The van der Waals surface area contributed by atoms with Crippen LogP contribution in [0.15, 0.2) is 29.2 Å². The molecule has 21 heavy (non-hydrogen) atoms. The maximum absolute atomic E-state index is 12.3. The maximum Gasteiger partial charge on any atom is 0.179 e. The first-order valence-corrected chi connectivity index (χ1v) is 8.66. The third-order valence-electron chi connectivity index (χ3n) is 3.84. The van der Waals surface area contributed by atoms with Crippen molar-refractivity contribution in [3.05, 3.63) is 29.8 Å². The highest BCUT2D eigenvalue weighted by Crippen LogP contribution is 2.19. The van der Waals surface area contributed by atoms with Crippen molar-refractivity contribution < 1.29 is 13.2 Å². The lowest BCUT2D eigenvalue weighted by molar-refractivity contribution is 0.0461. The first-order valence-electron chi connectivity index (χ1n) is 7.01. The number of sulfone groups is 1. The van der Waals surface area contributed by atoms with E-state index in [1.54, 1.807) is 12.1 Å². The molecule has 1 aromatic rings. The average molecular weight is 308 g/mol. The first kappa shape index (κ1) is 16.0. The van der Waals surface area contributed by atoms with Gasteiger partial charge in [0.25, 0.3) is 0 Å². The van der Waals surface area contributed by atoms with E-state index in [1.165, 1.54) is 12.1 Å². The Morgan fingerprint density at radius 3 is 2.76 bits per heavy atom. The van der Waals surface area contributed by atoms with Crippen molar-refractivity contribution in [1.29, 1.82) is 5.26 Å². The second kappa shape index (κ2) is 6.56. The molecule has 1 aromatic carbocycles. The van der Waals surface area contributed by atoms with Crippen LogP contribution in [0.1, 0.15) is 25.3 Å². The average Bonchev–Trinajstić information content (AvgIpc) is 2.47. The molecular weight excluding hydrogens is 288 g/mol. The number of hydrogen-bond acceptors (Lipinski definition) is 5. The van der Waals surface area contributed by atoms with Gasteiger partial charge in [0.1, 0.15) is 0 Å². The molecular formula is C15H20N2O3S. The molecule has 0 unspecified atom stereocenters. The van der Waals surface area contributed by atoms with Gasteiger partial charge in [0, 0.05) is 25.3 Å². The van der Waals surface area contributed by atoms with Crippen LogP contribution < -0.4 is 5.32 Å². The fraction of sp³-hybridized carbons (Fsp3) is 0.533. The Labute approximate surface area is 125 Å². The Morgan fingerprint density at radius 1 is 1.38 bits per heavy atom. The molecule has 1 heterocycles. The molecule has 0 atom stereocenters. The van der Waals surface area contributed by atoms with Gasteiger partial charge < -0.3 is 10.1 Å². The van der Waals surface area contributed by atoms with E-state index in [2.05, 4.69) is 12.2 Å². The molecule has 6 heteroatoms. The summed E-state index contributed by atoms with van der Waals surface area (Å²) in [5.74, 6) is 0.0261. The summed E-state index contributed by atoms with van der Waals surface area (Å²) >= 11 is 0. The number of ether oxygens (including phenoxy) is 1. The van der Waals surface area contributed by atoms with Crippen molar-refractivity contribution in [3.63, 3.8) is 0 Å². The van der Waals surface area contributed by atoms with Crippen molar-refractivity contribution in [2.24, 2.45) is 0 Å². The summed E-state index contributed by atoms with van der Waals surface area (Å²) in [7, 11) is -3.37. The number of nitriles is 1. The van der Waals surface area contributed by atoms with Gasteiger partial charge in [0.2, 0.25) is 0 Å². The van der Waals surface area contributed by atoms with Gasteiger partial charge in [-0.2, -0.15) is 5.26 Å². The standard InChI is InChI=1S/C15H20N2O3S/c1-15(5-8-20-9-6-15)17-7-10-21(18,19)14-4-2-3-13(11-14)12-16/h2-4,11,17H,5-10H2,1H3. The number of hydrogen-bond donors (Lipinski definition) is 1. The highest BCUT2D eigenvalue weighted by molar-refractivity contribution is 7.91. The predicted octanol–water partition coefficient (Wildman–Crippen LogP) is 1.49. The molecule has 2 rings (SSSR count). The van der Waals surface area contributed by atoms with Gasteiger partial charge in [-0.25, -0.2) is 8.42 Å². The Bertz CT molecular complexity index is 629. The van der Waals surface area contributed by atoms with E-state index in [1.807, 2.05) is 6.07 Å². The number of nitrogens with one attached hydrogen (secondary N) is 1. The summed E-state index contributed by atoms with van der Waals surface area (Å²) in [5, 5.41) is 12.2. The largest absolute Gasteiger partial charge is 0.381 e. The normalized spacial score (nSPS) is 18.1. The Hall–Kier alpha value is -1.42. The van der Waals surface area contributed by atoms with Crippen LogP contribution in [0.5, 0.6) is 0 Å². The van der Waals surface area contributed by atoms with E-state index in [-0.39, 0.29) is 16.2 Å². The molecule has 1 N–H and O–H groups in total. The van der Waals surface area contributed by atoms with Gasteiger partial charge in [0.15, 0.2) is 9.84 Å². The van der Waals surface area contributed by atoms with Crippen LogP contribution in [0, 0.1) is 11.3 Å². The van der Waals surface area contributed by atoms with Gasteiger partial charge in [0.05, 0.1) is 22.3 Å². The molecule has 114 valence electrons. The zero-order chi connectivity index (χ0) is 15.3. The van der Waals surface area contributed by atoms with Crippen molar-refractivity contribution in [1.82, 2.24) is 5.32 Å². The zero-order valence-electron chi connectivity index (χ0n) is 12.1. The summed E-state index contributed by atoms with van der Waals surface area (Å²) in [5.41, 5.74) is 0.308. The number of nitrogens with zero attached hydrogens (tertiary/aromatic N) is 1. The van der Waals surface area contributed by atoms with Gasteiger partial charge >= 0.3 is 0 Å². The number of rotatable bonds is 5. The van der Waals surface area contributed by atoms with E-state index in [4.69, 9.17) is 10.00 Å². The van der Waals surface area contributed by atoms with E-state index in [9.17, 15) is 8.42 Å². The van der Waals surface area contributed by atoms with Gasteiger partial charge in [-0.05, 0) is 38.0 Å². The lowest BCUT2D eigenvalue weighted by Crippen LogP contribution is -2.48. The molecule has 1 aliphatic rings. The monoisotopic (exact) mass is 308 g/mol. The molecule has 1 saturated heterocycles. The van der Waals surface area contributed by atoms with E-state index in [0.29, 0.717) is 25.3 Å². The molecule has 0 aliphatic carbocycles. The lowest BCUT2D eigenvalue weighted by atomic mass is 9.93. The summed E-state index contributed by atoms with van der Waals surface area (Å²) in [6, 6.07) is 8.11. The van der Waals surface area contributed by atoms with Crippen LogP contribution in [0.2, 0.25) is 0 Å². The maximum atomic E-state index is 12.3. The highest BCUT2D eigenvalue weighted by atomic mass is 32.2. The summed E-state index contributed by atoms with van der Waals surface area (Å²) in [6.07, 6.45) is 1.77. The van der Waals surface area contributed by atoms with Gasteiger partial charge in [-0.1, -0.05) is 6.07 Å².